The number of carboxylic acids is 1. The van der Waals surface area contributed by atoms with Crippen molar-refractivity contribution in [3.63, 3.8) is 0 Å². The first-order valence-corrected chi connectivity index (χ1v) is 9.27. The van der Waals surface area contributed by atoms with Crippen LogP contribution in [0.5, 0.6) is 0 Å². The first-order chi connectivity index (χ1) is 12.5. The maximum atomic E-state index is 12.4. The fourth-order valence-electron chi connectivity index (χ4n) is 2.08. The van der Waals surface area contributed by atoms with Crippen LogP contribution in [-0.4, -0.2) is 69.9 Å². The van der Waals surface area contributed by atoms with Gasteiger partial charge in [0, 0.05) is 5.75 Å². The fourth-order valence-corrected chi connectivity index (χ4v) is 2.24. The van der Waals surface area contributed by atoms with Gasteiger partial charge in [-0.05, 0) is 19.8 Å². The summed E-state index contributed by atoms with van der Waals surface area (Å²) in [6.45, 7) is 6.11. The molecular formula is C16H30N4O6S. The number of aliphatic carboxylic acids is 1. The van der Waals surface area contributed by atoms with Crippen LogP contribution in [0.1, 0.15) is 34.1 Å². The zero-order chi connectivity index (χ0) is 21.3. The molecule has 0 aliphatic carbocycles. The Balaban J connectivity index is 5.06. The first-order valence-electron chi connectivity index (χ1n) is 8.64. The van der Waals surface area contributed by atoms with Crippen molar-refractivity contribution in [2.75, 3.05) is 5.75 Å². The SMILES string of the molecule is CCC(C)C(NC(=O)C(NC(=O)C(C)NC(=O)C(N)CS)C(C)O)C(=O)O. The van der Waals surface area contributed by atoms with Crippen molar-refractivity contribution in [3.05, 3.63) is 0 Å². The molecular weight excluding hydrogens is 376 g/mol. The molecule has 0 rings (SSSR count). The third-order valence-electron chi connectivity index (χ3n) is 4.12. The summed E-state index contributed by atoms with van der Waals surface area (Å²) in [6, 6.07) is -4.47. The van der Waals surface area contributed by atoms with Crippen LogP contribution in [0, 0.1) is 5.92 Å². The largest absolute Gasteiger partial charge is 0.480 e. The molecule has 0 aromatic heterocycles. The quantitative estimate of drug-likeness (QED) is 0.199. The Morgan fingerprint density at radius 2 is 1.48 bits per heavy atom. The van der Waals surface area contributed by atoms with E-state index in [2.05, 4.69) is 28.6 Å². The van der Waals surface area contributed by atoms with Gasteiger partial charge in [0.05, 0.1) is 12.1 Å². The molecule has 0 saturated heterocycles. The van der Waals surface area contributed by atoms with Crippen molar-refractivity contribution in [1.29, 1.82) is 0 Å². The molecule has 7 N–H and O–H groups in total. The normalized spacial score (nSPS) is 17.6. The molecule has 10 nitrogen and oxygen atoms in total. The maximum Gasteiger partial charge on any atom is 0.326 e. The van der Waals surface area contributed by atoms with Gasteiger partial charge in [-0.25, -0.2) is 4.79 Å². The van der Waals surface area contributed by atoms with Gasteiger partial charge >= 0.3 is 5.97 Å². The number of carboxylic acid groups (broad SMARTS) is 1. The number of aliphatic hydroxyl groups is 1. The van der Waals surface area contributed by atoms with Gasteiger partial charge < -0.3 is 31.9 Å². The Morgan fingerprint density at radius 1 is 0.963 bits per heavy atom. The minimum atomic E-state index is -1.39. The lowest BCUT2D eigenvalue weighted by Crippen LogP contribution is -2.60. The predicted molar refractivity (Wildman–Crippen MR) is 102 cm³/mol. The highest BCUT2D eigenvalue weighted by molar-refractivity contribution is 7.80. The molecule has 0 bridgehead atoms. The van der Waals surface area contributed by atoms with Crippen LogP contribution in [-0.2, 0) is 19.2 Å². The lowest BCUT2D eigenvalue weighted by molar-refractivity contribution is -0.144. The van der Waals surface area contributed by atoms with Crippen molar-refractivity contribution < 1.29 is 29.4 Å². The Bertz CT molecular complexity index is 545. The summed E-state index contributed by atoms with van der Waals surface area (Å²) in [6.07, 6.45) is -0.778. The fraction of sp³-hybridized carbons (Fsp3) is 0.750. The van der Waals surface area contributed by atoms with E-state index in [1.165, 1.54) is 13.8 Å². The second-order valence-corrected chi connectivity index (χ2v) is 6.82. The van der Waals surface area contributed by atoms with Crippen molar-refractivity contribution in [2.45, 2.75) is 64.4 Å². The molecule has 11 heteroatoms. The van der Waals surface area contributed by atoms with Gasteiger partial charge in [0.1, 0.15) is 18.1 Å². The number of hydrogen-bond donors (Lipinski definition) is 7. The maximum absolute atomic E-state index is 12.4. The third-order valence-corrected chi connectivity index (χ3v) is 4.52. The molecule has 0 saturated carbocycles. The summed E-state index contributed by atoms with van der Waals surface area (Å²) in [7, 11) is 0. The van der Waals surface area contributed by atoms with E-state index >= 15 is 0 Å². The van der Waals surface area contributed by atoms with Gasteiger partial charge in [0.25, 0.3) is 0 Å². The van der Waals surface area contributed by atoms with Crippen LogP contribution in [0.3, 0.4) is 0 Å². The molecule has 156 valence electrons. The third kappa shape index (κ3) is 8.14. The van der Waals surface area contributed by atoms with E-state index in [1.807, 2.05) is 0 Å². The van der Waals surface area contributed by atoms with Gasteiger partial charge in [0.15, 0.2) is 0 Å². The Kier molecular flexibility index (Phi) is 11.0. The van der Waals surface area contributed by atoms with Crippen LogP contribution in [0.4, 0.5) is 0 Å². The van der Waals surface area contributed by atoms with Crippen LogP contribution < -0.4 is 21.7 Å². The van der Waals surface area contributed by atoms with Crippen LogP contribution in [0.15, 0.2) is 0 Å². The molecule has 3 amide bonds. The monoisotopic (exact) mass is 406 g/mol. The van der Waals surface area contributed by atoms with Crippen molar-refractivity contribution in [2.24, 2.45) is 11.7 Å². The highest BCUT2D eigenvalue weighted by Gasteiger charge is 2.33. The Labute approximate surface area is 164 Å². The molecule has 0 heterocycles. The Hall–Kier alpha value is -1.85. The van der Waals surface area contributed by atoms with Gasteiger partial charge in [0.2, 0.25) is 17.7 Å². The van der Waals surface area contributed by atoms with Crippen LogP contribution >= 0.6 is 12.6 Å². The van der Waals surface area contributed by atoms with Gasteiger partial charge in [-0.2, -0.15) is 12.6 Å². The molecule has 0 aromatic carbocycles. The van der Waals surface area contributed by atoms with Crippen molar-refractivity contribution >= 4 is 36.3 Å². The van der Waals surface area contributed by atoms with Crippen LogP contribution in [0.25, 0.3) is 0 Å². The molecule has 6 unspecified atom stereocenters. The number of nitrogens with one attached hydrogen (secondary N) is 3. The van der Waals surface area contributed by atoms with E-state index < -0.39 is 54.0 Å². The number of carbonyl (C=O) groups excluding carboxylic acids is 3. The summed E-state index contributed by atoms with van der Waals surface area (Å²) >= 11 is 3.89. The number of nitrogens with two attached hydrogens (primary N) is 1. The summed E-state index contributed by atoms with van der Waals surface area (Å²) in [5, 5.41) is 26.1. The van der Waals surface area contributed by atoms with E-state index in [0.717, 1.165) is 0 Å². The summed E-state index contributed by atoms with van der Waals surface area (Å²) in [4.78, 5) is 47.7. The summed E-state index contributed by atoms with van der Waals surface area (Å²) in [5.41, 5.74) is 5.51. The summed E-state index contributed by atoms with van der Waals surface area (Å²) in [5.74, 6) is -3.63. The molecule has 0 fully saturated rings. The lowest BCUT2D eigenvalue weighted by atomic mass is 9.98. The van der Waals surface area contributed by atoms with Crippen LogP contribution in [0.2, 0.25) is 0 Å². The highest BCUT2D eigenvalue weighted by atomic mass is 32.1. The summed E-state index contributed by atoms with van der Waals surface area (Å²) < 4.78 is 0. The topological polar surface area (TPSA) is 171 Å². The molecule has 0 spiro atoms. The highest BCUT2D eigenvalue weighted by Crippen LogP contribution is 2.09. The first kappa shape index (κ1) is 25.1. The number of thiol groups is 1. The average Bonchev–Trinajstić information content (AvgIpc) is 2.61. The standard InChI is InChI=1S/C16H30N4O6S/c1-5-7(2)11(16(25)26)19-15(24)12(9(4)21)20-13(22)8(3)18-14(23)10(17)6-27/h7-12,21,27H,5-6,17H2,1-4H3,(H,18,23)(H,19,24)(H,20,22)(H,25,26). The van der Waals surface area contributed by atoms with Crippen molar-refractivity contribution in [3.8, 4) is 0 Å². The molecule has 0 aliphatic rings. The molecule has 0 radical (unpaired) electrons. The number of hydrogen-bond acceptors (Lipinski definition) is 7. The van der Waals surface area contributed by atoms with E-state index in [-0.39, 0.29) is 11.7 Å². The number of rotatable bonds is 11. The van der Waals surface area contributed by atoms with E-state index in [0.29, 0.717) is 6.42 Å². The number of aliphatic hydroxyl groups excluding tert-OH is 1. The second kappa shape index (κ2) is 11.8. The van der Waals surface area contributed by atoms with Gasteiger partial charge in [-0.15, -0.1) is 0 Å². The second-order valence-electron chi connectivity index (χ2n) is 6.46. The van der Waals surface area contributed by atoms with Gasteiger partial charge in [-0.1, -0.05) is 20.3 Å². The van der Waals surface area contributed by atoms with E-state index in [9.17, 15) is 29.4 Å². The zero-order valence-corrected chi connectivity index (χ0v) is 16.8. The van der Waals surface area contributed by atoms with E-state index in [4.69, 9.17) is 5.73 Å². The lowest BCUT2D eigenvalue weighted by Gasteiger charge is -2.26. The molecule has 0 aliphatic heterocycles. The molecule has 27 heavy (non-hydrogen) atoms. The number of amides is 3. The minimum absolute atomic E-state index is 0.0884. The molecule has 0 aromatic rings. The smallest absolute Gasteiger partial charge is 0.326 e. The molecule has 6 atom stereocenters. The number of carbonyl (C=O) groups is 4. The predicted octanol–water partition coefficient (Wildman–Crippen LogP) is -1.77. The average molecular weight is 407 g/mol. The van der Waals surface area contributed by atoms with Gasteiger partial charge in [-0.3, -0.25) is 14.4 Å². The van der Waals surface area contributed by atoms with Crippen molar-refractivity contribution in [1.82, 2.24) is 16.0 Å². The van der Waals surface area contributed by atoms with E-state index in [1.54, 1.807) is 13.8 Å². The Morgan fingerprint density at radius 3 is 1.89 bits per heavy atom. The minimum Gasteiger partial charge on any atom is -0.480 e. The zero-order valence-electron chi connectivity index (χ0n) is 15.9.